The average molecular weight is 601 g/mol. The molecule has 1 fully saturated rings. The van der Waals surface area contributed by atoms with Gasteiger partial charge in [-0.15, -0.1) is 0 Å². The summed E-state index contributed by atoms with van der Waals surface area (Å²) in [7, 11) is 0. The summed E-state index contributed by atoms with van der Waals surface area (Å²) in [5.41, 5.74) is 9.57. The third-order valence-corrected chi connectivity index (χ3v) is 8.33. The van der Waals surface area contributed by atoms with Crippen molar-refractivity contribution in [2.45, 2.75) is 70.1 Å². The van der Waals surface area contributed by atoms with E-state index in [4.69, 9.17) is 5.73 Å². The van der Waals surface area contributed by atoms with Crippen molar-refractivity contribution in [3.8, 4) is 0 Å². The number of nitrogens with one attached hydrogen (secondary N) is 4. The van der Waals surface area contributed by atoms with Crippen molar-refractivity contribution in [1.29, 1.82) is 0 Å². The lowest BCUT2D eigenvalue weighted by Crippen LogP contribution is -2.57. The molecule has 0 spiro atoms. The second kappa shape index (κ2) is 13.3. The second-order valence-electron chi connectivity index (χ2n) is 12.0. The van der Waals surface area contributed by atoms with Crippen molar-refractivity contribution in [2.75, 3.05) is 6.54 Å². The molecule has 0 radical (unpaired) electrons. The third kappa shape index (κ3) is 6.78. The minimum Gasteiger partial charge on any atom is -0.480 e. The van der Waals surface area contributed by atoms with Crippen molar-refractivity contribution in [3.05, 3.63) is 72.1 Å². The summed E-state index contributed by atoms with van der Waals surface area (Å²) in [6.07, 6.45) is 5.27. The van der Waals surface area contributed by atoms with E-state index in [-0.39, 0.29) is 18.8 Å². The number of carboxylic acids is 1. The van der Waals surface area contributed by atoms with Crippen LogP contribution in [0, 0.1) is 5.92 Å². The topological polar surface area (TPSA) is 173 Å². The summed E-state index contributed by atoms with van der Waals surface area (Å²) in [6, 6.07) is 11.5. The van der Waals surface area contributed by atoms with E-state index in [0.717, 1.165) is 32.9 Å². The lowest BCUT2D eigenvalue weighted by Gasteiger charge is -2.30. The molecule has 3 heterocycles. The van der Waals surface area contributed by atoms with E-state index < -0.39 is 47.9 Å². The first-order chi connectivity index (χ1) is 21.1. The van der Waals surface area contributed by atoms with Crippen molar-refractivity contribution in [3.63, 3.8) is 0 Å². The molecule has 0 saturated carbocycles. The largest absolute Gasteiger partial charge is 0.480 e. The number of benzene rings is 2. The Morgan fingerprint density at radius 3 is 2.05 bits per heavy atom. The molecule has 0 aliphatic carbocycles. The average Bonchev–Trinajstić information content (AvgIpc) is 3.75. The number of hydrogen-bond donors (Lipinski definition) is 6. The Hall–Kier alpha value is -4.64. The standard InChI is InChI=1S/C33H40N6O5/c1-19(2)14-24(34)30(40)37-27(15-20-17-35-25-10-5-3-8-22(20)25)32(42)39-13-7-12-29(39)31(41)38-28(33(43)44)16-21-18-36-26-11-6-4-9-23(21)26/h3-6,8-11,17-19,24,27-29,35-36H,7,12-16,34H2,1-2H3,(H,37,40)(H,38,41)(H,43,44). The number of likely N-dealkylation sites (tertiary alicyclic amines) is 1. The van der Waals surface area contributed by atoms with Gasteiger partial charge in [0.25, 0.3) is 0 Å². The molecule has 3 amide bonds. The smallest absolute Gasteiger partial charge is 0.326 e. The highest BCUT2D eigenvalue weighted by atomic mass is 16.4. The number of fused-ring (bicyclic) bond motifs is 2. The molecule has 232 valence electrons. The molecule has 11 heteroatoms. The van der Waals surface area contributed by atoms with E-state index in [1.807, 2.05) is 68.6 Å². The van der Waals surface area contributed by atoms with Crippen LogP contribution in [0.15, 0.2) is 60.9 Å². The van der Waals surface area contributed by atoms with E-state index in [0.29, 0.717) is 25.8 Å². The van der Waals surface area contributed by atoms with Crippen LogP contribution in [0.4, 0.5) is 0 Å². The molecule has 0 bridgehead atoms. The molecule has 5 rings (SSSR count). The van der Waals surface area contributed by atoms with Gasteiger partial charge in [-0.2, -0.15) is 0 Å². The zero-order valence-corrected chi connectivity index (χ0v) is 25.0. The van der Waals surface area contributed by atoms with Crippen LogP contribution in [0.2, 0.25) is 0 Å². The van der Waals surface area contributed by atoms with E-state index >= 15 is 0 Å². The summed E-state index contributed by atoms with van der Waals surface area (Å²) in [5, 5.41) is 17.3. The summed E-state index contributed by atoms with van der Waals surface area (Å²) in [6.45, 7) is 4.26. The number of amides is 3. The summed E-state index contributed by atoms with van der Waals surface area (Å²) >= 11 is 0. The van der Waals surface area contributed by atoms with Gasteiger partial charge in [0, 0.05) is 53.6 Å². The molecule has 4 atom stereocenters. The summed E-state index contributed by atoms with van der Waals surface area (Å²) in [4.78, 5) is 60.8. The second-order valence-corrected chi connectivity index (χ2v) is 12.0. The quantitative estimate of drug-likeness (QED) is 0.146. The van der Waals surface area contributed by atoms with Crippen molar-refractivity contribution < 1.29 is 24.3 Å². The molecular formula is C33H40N6O5. The third-order valence-electron chi connectivity index (χ3n) is 8.33. The molecule has 2 aromatic carbocycles. The molecule has 44 heavy (non-hydrogen) atoms. The molecule has 11 nitrogen and oxygen atoms in total. The highest BCUT2D eigenvalue weighted by Gasteiger charge is 2.39. The van der Waals surface area contributed by atoms with Crippen molar-refractivity contribution in [2.24, 2.45) is 11.7 Å². The van der Waals surface area contributed by atoms with Gasteiger partial charge in [0.15, 0.2) is 0 Å². The van der Waals surface area contributed by atoms with Gasteiger partial charge in [0.2, 0.25) is 17.7 Å². The van der Waals surface area contributed by atoms with Gasteiger partial charge in [-0.1, -0.05) is 50.2 Å². The van der Waals surface area contributed by atoms with Crippen molar-refractivity contribution in [1.82, 2.24) is 25.5 Å². The predicted octanol–water partition coefficient (Wildman–Crippen LogP) is 2.85. The zero-order valence-electron chi connectivity index (χ0n) is 25.0. The number of carbonyl (C=O) groups excluding carboxylic acids is 3. The number of aliphatic carboxylic acids is 1. The number of aromatic nitrogens is 2. The van der Waals surface area contributed by atoms with Gasteiger partial charge in [0.1, 0.15) is 18.1 Å². The summed E-state index contributed by atoms with van der Waals surface area (Å²) < 4.78 is 0. The van der Waals surface area contributed by atoms with Crippen LogP contribution in [0.25, 0.3) is 21.8 Å². The van der Waals surface area contributed by atoms with Crippen LogP contribution in [-0.2, 0) is 32.0 Å². The number of H-pyrrole nitrogens is 2. The number of para-hydroxylation sites is 2. The number of rotatable bonds is 12. The van der Waals surface area contributed by atoms with E-state index in [1.165, 1.54) is 4.90 Å². The van der Waals surface area contributed by atoms with Gasteiger partial charge in [0.05, 0.1) is 6.04 Å². The van der Waals surface area contributed by atoms with Crippen molar-refractivity contribution >= 4 is 45.5 Å². The Labute approximate surface area is 255 Å². The Morgan fingerprint density at radius 2 is 1.48 bits per heavy atom. The lowest BCUT2D eigenvalue weighted by molar-refractivity contribution is -0.144. The molecule has 4 aromatic rings. The van der Waals surface area contributed by atoms with Gasteiger partial charge >= 0.3 is 5.97 Å². The first-order valence-electron chi connectivity index (χ1n) is 15.1. The molecule has 2 aromatic heterocycles. The number of nitrogens with zero attached hydrogens (tertiary/aromatic N) is 1. The Bertz CT molecular complexity index is 1660. The Kier molecular flexibility index (Phi) is 9.34. The number of hydrogen-bond acceptors (Lipinski definition) is 5. The highest BCUT2D eigenvalue weighted by molar-refractivity contribution is 5.95. The number of aromatic amines is 2. The normalized spacial score (nSPS) is 17.1. The van der Waals surface area contributed by atoms with E-state index in [1.54, 1.807) is 6.20 Å². The molecule has 1 saturated heterocycles. The Morgan fingerprint density at radius 1 is 0.909 bits per heavy atom. The lowest BCUT2D eigenvalue weighted by atomic mass is 10.0. The zero-order chi connectivity index (χ0) is 31.4. The van der Waals surface area contributed by atoms with Gasteiger partial charge in [-0.05, 0) is 48.4 Å². The fraction of sp³-hybridized carbons (Fsp3) is 0.394. The minimum atomic E-state index is -1.19. The van der Waals surface area contributed by atoms with Crippen LogP contribution in [0.5, 0.6) is 0 Å². The fourth-order valence-corrected chi connectivity index (χ4v) is 6.11. The molecule has 1 aliphatic rings. The maximum absolute atomic E-state index is 14.1. The number of carbonyl (C=O) groups is 4. The molecule has 1 aliphatic heterocycles. The molecule has 7 N–H and O–H groups in total. The predicted molar refractivity (Wildman–Crippen MR) is 168 cm³/mol. The molecule has 4 unspecified atom stereocenters. The van der Waals surface area contributed by atoms with E-state index in [2.05, 4.69) is 20.6 Å². The SMILES string of the molecule is CC(C)CC(N)C(=O)NC(Cc1c[nH]c2ccccc12)C(=O)N1CCCC1C(=O)NC(Cc1c[nH]c2ccccc12)C(=O)O. The molecular weight excluding hydrogens is 560 g/mol. The van der Waals surface area contributed by atoms with Crippen LogP contribution < -0.4 is 16.4 Å². The monoisotopic (exact) mass is 600 g/mol. The maximum Gasteiger partial charge on any atom is 0.326 e. The number of carboxylic acid groups (broad SMARTS) is 1. The summed E-state index contributed by atoms with van der Waals surface area (Å²) in [5.74, 6) is -2.33. The Balaban J connectivity index is 1.34. The van der Waals surface area contributed by atoms with Crippen LogP contribution >= 0.6 is 0 Å². The first-order valence-corrected chi connectivity index (χ1v) is 15.1. The van der Waals surface area contributed by atoms with E-state index in [9.17, 15) is 24.3 Å². The fourth-order valence-electron chi connectivity index (χ4n) is 6.11. The minimum absolute atomic E-state index is 0.0821. The van der Waals surface area contributed by atoms with Gasteiger partial charge in [-0.25, -0.2) is 4.79 Å². The van der Waals surface area contributed by atoms with Crippen LogP contribution in [-0.4, -0.2) is 74.4 Å². The first kappa shape index (κ1) is 30.8. The number of nitrogens with two attached hydrogens (primary N) is 1. The van der Waals surface area contributed by atoms with Gasteiger partial charge < -0.3 is 36.3 Å². The van der Waals surface area contributed by atoms with Crippen LogP contribution in [0.1, 0.15) is 44.2 Å². The maximum atomic E-state index is 14.1. The van der Waals surface area contributed by atoms with Crippen LogP contribution in [0.3, 0.4) is 0 Å². The highest BCUT2D eigenvalue weighted by Crippen LogP contribution is 2.24. The van der Waals surface area contributed by atoms with Gasteiger partial charge in [-0.3, -0.25) is 14.4 Å².